The number of anilines is 1. The molecule has 0 unspecified atom stereocenters. The number of nitrogens with zero attached hydrogens (tertiary/aromatic N) is 1. The van der Waals surface area contributed by atoms with Gasteiger partial charge in [-0.25, -0.2) is 14.5 Å². The highest BCUT2D eigenvalue weighted by molar-refractivity contribution is 6.35. The molecule has 0 fully saturated rings. The van der Waals surface area contributed by atoms with Crippen LogP contribution in [0.3, 0.4) is 0 Å². The second-order valence-corrected chi connectivity index (χ2v) is 8.20. The maximum absolute atomic E-state index is 13.1. The topological polar surface area (TPSA) is 103 Å². The molecule has 4 aromatic rings. The predicted molar refractivity (Wildman–Crippen MR) is 130 cm³/mol. The number of benzene rings is 3. The standard InChI is InChI=1S/C28H21NO7/c1-3-34-28(33)24-21(18-9-5-7-11-23(18)36-24)15-35-27(32)17-12-13-19-20(14-17)26(31)29(25(19)30)22-10-6-4-8-16(22)2/h4-14H,3,15H2,1-2H3. The molecule has 0 aliphatic carbocycles. The van der Waals surface area contributed by atoms with E-state index in [1.54, 1.807) is 43.3 Å². The van der Waals surface area contributed by atoms with Gasteiger partial charge in [-0.05, 0) is 49.7 Å². The van der Waals surface area contributed by atoms with Crippen LogP contribution in [0.5, 0.6) is 0 Å². The van der Waals surface area contributed by atoms with Crippen LogP contribution in [0.1, 0.15) is 59.7 Å². The van der Waals surface area contributed by atoms with Crippen LogP contribution < -0.4 is 4.90 Å². The number of imide groups is 1. The lowest BCUT2D eigenvalue weighted by atomic mass is 10.1. The van der Waals surface area contributed by atoms with Gasteiger partial charge < -0.3 is 13.9 Å². The summed E-state index contributed by atoms with van der Waals surface area (Å²) in [6.07, 6.45) is 0. The number of carbonyl (C=O) groups excluding carboxylic acids is 4. The van der Waals surface area contributed by atoms with Crippen molar-refractivity contribution in [2.45, 2.75) is 20.5 Å². The first-order chi connectivity index (χ1) is 17.4. The van der Waals surface area contributed by atoms with Crippen LogP contribution in [0.15, 0.2) is 71.1 Å². The molecule has 1 aliphatic heterocycles. The van der Waals surface area contributed by atoms with Gasteiger partial charge in [-0.2, -0.15) is 0 Å². The van der Waals surface area contributed by atoms with Gasteiger partial charge in [0, 0.05) is 5.39 Å². The molecule has 0 atom stereocenters. The number of rotatable bonds is 6. The van der Waals surface area contributed by atoms with Crippen molar-refractivity contribution in [1.29, 1.82) is 0 Å². The van der Waals surface area contributed by atoms with E-state index >= 15 is 0 Å². The predicted octanol–water partition coefficient (Wildman–Crippen LogP) is 5.08. The van der Waals surface area contributed by atoms with Gasteiger partial charge >= 0.3 is 11.9 Å². The molecule has 8 heteroatoms. The van der Waals surface area contributed by atoms with Gasteiger partial charge in [0.1, 0.15) is 12.2 Å². The summed E-state index contributed by atoms with van der Waals surface area (Å²) in [5.41, 5.74) is 2.55. The number of hydrogen-bond acceptors (Lipinski definition) is 7. The molecular formula is C28H21NO7. The molecule has 0 bridgehead atoms. The third-order valence-electron chi connectivity index (χ3n) is 5.99. The zero-order valence-electron chi connectivity index (χ0n) is 19.6. The highest BCUT2D eigenvalue weighted by Crippen LogP contribution is 2.32. The number of ether oxygens (including phenoxy) is 2. The highest BCUT2D eigenvalue weighted by Gasteiger charge is 2.38. The maximum atomic E-state index is 13.1. The Morgan fingerprint density at radius 1 is 0.861 bits per heavy atom. The number of amides is 2. The number of aryl methyl sites for hydroxylation is 1. The van der Waals surface area contributed by atoms with Gasteiger partial charge in [0.15, 0.2) is 0 Å². The molecule has 180 valence electrons. The van der Waals surface area contributed by atoms with Crippen molar-refractivity contribution >= 4 is 40.4 Å². The van der Waals surface area contributed by atoms with Gasteiger partial charge in [-0.1, -0.05) is 36.4 Å². The van der Waals surface area contributed by atoms with Gasteiger partial charge in [-0.15, -0.1) is 0 Å². The number of para-hydroxylation sites is 2. The lowest BCUT2D eigenvalue weighted by Gasteiger charge is -2.16. The summed E-state index contributed by atoms with van der Waals surface area (Å²) in [6.45, 7) is 3.41. The molecular weight excluding hydrogens is 462 g/mol. The van der Waals surface area contributed by atoms with Gasteiger partial charge in [0.05, 0.1) is 34.5 Å². The smallest absolute Gasteiger partial charge is 0.374 e. The summed E-state index contributed by atoms with van der Waals surface area (Å²) in [6, 6.07) is 18.3. The van der Waals surface area contributed by atoms with Crippen LogP contribution in [-0.2, 0) is 16.1 Å². The van der Waals surface area contributed by atoms with Gasteiger partial charge in [0.2, 0.25) is 5.76 Å². The normalized spacial score (nSPS) is 12.7. The summed E-state index contributed by atoms with van der Waals surface area (Å²) < 4.78 is 16.2. The Morgan fingerprint density at radius 3 is 2.36 bits per heavy atom. The number of fused-ring (bicyclic) bond motifs is 2. The first kappa shape index (κ1) is 23.0. The van der Waals surface area contributed by atoms with Gasteiger partial charge in [0.25, 0.3) is 11.8 Å². The fourth-order valence-electron chi connectivity index (χ4n) is 4.23. The SMILES string of the molecule is CCOC(=O)c1oc2ccccc2c1COC(=O)c1ccc2c(c1)C(=O)N(c1ccccc1C)C2=O. The lowest BCUT2D eigenvalue weighted by molar-refractivity contribution is 0.0435. The number of carbonyl (C=O) groups is 4. The monoisotopic (exact) mass is 483 g/mol. The van der Waals surface area contributed by atoms with E-state index in [1.165, 1.54) is 18.2 Å². The Kier molecular flexibility index (Phi) is 5.85. The molecule has 36 heavy (non-hydrogen) atoms. The molecule has 1 aromatic heterocycles. The zero-order valence-corrected chi connectivity index (χ0v) is 19.6. The van der Waals surface area contributed by atoms with E-state index < -0.39 is 23.8 Å². The summed E-state index contributed by atoms with van der Waals surface area (Å²) in [5.74, 6) is -2.36. The molecule has 8 nitrogen and oxygen atoms in total. The molecule has 2 amide bonds. The third kappa shape index (κ3) is 3.82. The minimum atomic E-state index is -0.715. The van der Waals surface area contributed by atoms with Crippen molar-refractivity contribution in [2.75, 3.05) is 11.5 Å². The molecule has 2 heterocycles. The quantitative estimate of drug-likeness (QED) is 0.278. The minimum Gasteiger partial charge on any atom is -0.460 e. The van der Waals surface area contributed by atoms with Crippen molar-refractivity contribution < 1.29 is 33.1 Å². The van der Waals surface area contributed by atoms with Crippen molar-refractivity contribution in [3.8, 4) is 0 Å². The summed E-state index contributed by atoms with van der Waals surface area (Å²) in [7, 11) is 0. The Morgan fingerprint density at radius 2 is 1.58 bits per heavy atom. The van der Waals surface area contributed by atoms with Crippen LogP contribution in [0.4, 0.5) is 5.69 Å². The average Bonchev–Trinajstić information content (AvgIpc) is 3.38. The minimum absolute atomic E-state index is 0.0329. The van der Waals surface area contributed by atoms with Crippen LogP contribution >= 0.6 is 0 Å². The highest BCUT2D eigenvalue weighted by atomic mass is 16.5. The molecule has 5 rings (SSSR count). The molecule has 0 radical (unpaired) electrons. The first-order valence-corrected chi connectivity index (χ1v) is 11.3. The molecule has 1 aliphatic rings. The Labute approximate surface area is 206 Å². The number of furan rings is 1. The van der Waals surface area contributed by atoms with E-state index in [1.807, 2.05) is 19.1 Å². The Hall–Kier alpha value is -4.72. The van der Waals surface area contributed by atoms with Crippen molar-refractivity contribution in [2.24, 2.45) is 0 Å². The van der Waals surface area contributed by atoms with E-state index in [0.29, 0.717) is 22.2 Å². The Bertz CT molecular complexity index is 1550. The summed E-state index contributed by atoms with van der Waals surface area (Å²) in [4.78, 5) is 52.4. The summed E-state index contributed by atoms with van der Waals surface area (Å²) >= 11 is 0. The van der Waals surface area contributed by atoms with Crippen molar-refractivity contribution in [3.05, 3.63) is 100 Å². The largest absolute Gasteiger partial charge is 0.460 e. The van der Waals surface area contributed by atoms with E-state index in [9.17, 15) is 19.2 Å². The molecule has 0 N–H and O–H groups in total. The average molecular weight is 483 g/mol. The van der Waals surface area contributed by atoms with Crippen LogP contribution in [0.25, 0.3) is 11.0 Å². The zero-order chi connectivity index (χ0) is 25.4. The fourth-order valence-corrected chi connectivity index (χ4v) is 4.23. The molecule has 0 saturated heterocycles. The first-order valence-electron chi connectivity index (χ1n) is 11.3. The summed E-state index contributed by atoms with van der Waals surface area (Å²) in [5, 5.41) is 0.622. The number of esters is 2. The van der Waals surface area contributed by atoms with E-state index in [4.69, 9.17) is 13.9 Å². The molecule has 0 spiro atoms. The van der Waals surface area contributed by atoms with Crippen molar-refractivity contribution in [3.63, 3.8) is 0 Å². The van der Waals surface area contributed by atoms with E-state index in [2.05, 4.69) is 0 Å². The second kappa shape index (κ2) is 9.14. The van der Waals surface area contributed by atoms with Gasteiger partial charge in [-0.3, -0.25) is 9.59 Å². The maximum Gasteiger partial charge on any atom is 0.374 e. The third-order valence-corrected chi connectivity index (χ3v) is 5.99. The van der Waals surface area contributed by atoms with Crippen LogP contribution in [-0.4, -0.2) is 30.4 Å². The lowest BCUT2D eigenvalue weighted by Crippen LogP contribution is -2.29. The van der Waals surface area contributed by atoms with Crippen molar-refractivity contribution in [1.82, 2.24) is 0 Å². The van der Waals surface area contributed by atoms with Crippen LogP contribution in [0.2, 0.25) is 0 Å². The number of hydrogen-bond donors (Lipinski definition) is 0. The second-order valence-electron chi connectivity index (χ2n) is 8.20. The van der Waals surface area contributed by atoms with Crippen LogP contribution in [0, 0.1) is 6.92 Å². The molecule has 0 saturated carbocycles. The van der Waals surface area contributed by atoms with E-state index in [-0.39, 0.29) is 35.7 Å². The molecule has 3 aromatic carbocycles. The Balaban J connectivity index is 1.40. The fraction of sp³-hybridized carbons (Fsp3) is 0.143. The van der Waals surface area contributed by atoms with E-state index in [0.717, 1.165) is 10.5 Å².